The summed E-state index contributed by atoms with van der Waals surface area (Å²) in [6, 6.07) is 71.8. The van der Waals surface area contributed by atoms with Crippen molar-refractivity contribution in [3.8, 4) is 22.3 Å². The fraction of sp³-hybridized carbons (Fsp3) is 0.308. The highest BCUT2D eigenvalue weighted by atomic mass is 32.1. The Hall–Kier alpha value is -7.34. The number of hydrogen-bond donors (Lipinski definition) is 0. The van der Waals surface area contributed by atoms with Crippen LogP contribution in [-0.2, 0) is 27.1 Å². The molecule has 414 valence electrons. The lowest BCUT2D eigenvalue weighted by atomic mass is 9.33. The van der Waals surface area contributed by atoms with Gasteiger partial charge in [-0.1, -0.05) is 198 Å². The fourth-order valence-electron chi connectivity index (χ4n) is 16.1. The van der Waals surface area contributed by atoms with Gasteiger partial charge >= 0.3 is 0 Å². The number of nitrogens with zero attached hydrogens (tertiary/aromatic N) is 3. The first kappa shape index (κ1) is 52.5. The third kappa shape index (κ3) is 7.74. The lowest BCUT2D eigenvalue weighted by Crippen LogP contribution is -2.64. The van der Waals surface area contributed by atoms with Crippen molar-refractivity contribution in [3.05, 3.63) is 210 Å². The number of rotatable bonds is 6. The Morgan fingerprint density at radius 2 is 1.06 bits per heavy atom. The molecule has 5 aliphatic rings. The van der Waals surface area contributed by atoms with Crippen LogP contribution in [-0.4, -0.2) is 12.3 Å². The zero-order chi connectivity index (χ0) is 57.3. The number of fused-ring (bicyclic) bond motifs is 11. The van der Waals surface area contributed by atoms with Crippen LogP contribution in [0.5, 0.6) is 0 Å². The van der Waals surface area contributed by atoms with Crippen LogP contribution in [0.2, 0.25) is 0 Å². The third-order valence-electron chi connectivity index (χ3n) is 21.2. The molecule has 0 N–H and O–H groups in total. The summed E-state index contributed by atoms with van der Waals surface area (Å²) >= 11 is 1.92. The Kier molecular flexibility index (Phi) is 11.4. The molecule has 0 saturated heterocycles. The third-order valence-corrected chi connectivity index (χ3v) is 22.3. The SMILES string of the molecule is CC(C)(C)c1ccc(N(c2ccc(C(C)(C)C)cc2)c2ccc3c(c2)N(c2cc4c(cc2-c2ccccc2)C(C)(C)CCC4(C)C)c2cc(-c4cccc5sc6ccccc6c45)cc4c2B3c2cccc3c2N4C2(C)CCCCC32C)cc1. The van der Waals surface area contributed by atoms with E-state index in [1.165, 1.54) is 134 Å². The normalized spacial score (nSPS) is 20.0. The minimum atomic E-state index is -0.126. The van der Waals surface area contributed by atoms with Crippen LogP contribution in [0.4, 0.5) is 45.5 Å². The van der Waals surface area contributed by atoms with E-state index in [1.807, 2.05) is 11.3 Å². The molecule has 0 amide bonds. The van der Waals surface area contributed by atoms with Crippen molar-refractivity contribution in [1.29, 1.82) is 0 Å². The standard InChI is InChI=1S/C78H78BN3S/c1-73(2,3)51-30-34-53(35-31-51)80(54-36-32-52(33-37-54)74(4,5)6)55-38-39-62-65(46-55)81(64-48-61-60(75(7,8)42-43-76(61,9)10)47-58(64)49-22-14-13-15-23-49)66-44-50(56-25-20-29-69-70(56)57-24-16-17-28-68(57)83-69)45-67-71(66)79(62)63-27-21-26-59-72(63)82(67)78(12)41-19-18-40-77(59,78)11/h13-17,20-39,44-48H,18-19,40-43H2,1-12H3. The molecular formula is C78H78BN3S. The van der Waals surface area contributed by atoms with Crippen molar-refractivity contribution in [2.24, 2.45) is 0 Å². The summed E-state index contributed by atoms with van der Waals surface area (Å²) in [6.07, 6.45) is 7.08. The molecule has 2 unspecified atom stereocenters. The molecule has 0 radical (unpaired) electrons. The van der Waals surface area contributed by atoms with Crippen molar-refractivity contribution < 1.29 is 0 Å². The molecule has 1 fully saturated rings. The van der Waals surface area contributed by atoms with Gasteiger partial charge in [0.15, 0.2) is 0 Å². The van der Waals surface area contributed by atoms with Gasteiger partial charge in [-0.3, -0.25) is 0 Å². The monoisotopic (exact) mass is 1100 g/mol. The smallest absolute Gasteiger partial charge is 0.252 e. The van der Waals surface area contributed by atoms with Crippen molar-refractivity contribution in [1.82, 2.24) is 0 Å². The van der Waals surface area contributed by atoms with E-state index < -0.39 is 0 Å². The summed E-state index contributed by atoms with van der Waals surface area (Å²) in [6.45, 7) is 29.1. The zero-order valence-corrected chi connectivity index (χ0v) is 51.7. The van der Waals surface area contributed by atoms with Gasteiger partial charge in [0.05, 0.1) is 11.2 Å². The number of thiophene rings is 1. The highest BCUT2D eigenvalue weighted by Gasteiger charge is 2.61. The van der Waals surface area contributed by atoms with Gasteiger partial charge in [0.2, 0.25) is 0 Å². The Morgan fingerprint density at radius 3 is 1.75 bits per heavy atom. The largest absolute Gasteiger partial charge is 0.335 e. The van der Waals surface area contributed by atoms with Crippen molar-refractivity contribution >= 4 is 100 Å². The second-order valence-electron chi connectivity index (χ2n) is 29.1. The van der Waals surface area contributed by atoms with Gasteiger partial charge in [-0.15, -0.1) is 11.3 Å². The first-order valence-electron chi connectivity index (χ1n) is 30.9. The number of benzene rings is 9. The van der Waals surface area contributed by atoms with E-state index in [1.54, 1.807) is 0 Å². The molecule has 9 aromatic carbocycles. The molecule has 3 nitrogen and oxygen atoms in total. The maximum absolute atomic E-state index is 2.92. The second kappa shape index (κ2) is 18.1. The first-order chi connectivity index (χ1) is 39.6. The van der Waals surface area contributed by atoms with Crippen LogP contribution < -0.4 is 31.1 Å². The lowest BCUT2D eigenvalue weighted by Gasteiger charge is -2.53. The first-order valence-corrected chi connectivity index (χ1v) is 31.7. The fourth-order valence-corrected chi connectivity index (χ4v) is 17.3. The molecule has 1 saturated carbocycles. The van der Waals surface area contributed by atoms with Crippen LogP contribution in [0.25, 0.3) is 42.4 Å². The summed E-state index contributed by atoms with van der Waals surface area (Å²) in [4.78, 5) is 8.21. The minimum Gasteiger partial charge on any atom is -0.335 e. The average Bonchev–Trinajstić information content (AvgIpc) is 1.67. The maximum Gasteiger partial charge on any atom is 0.252 e. The van der Waals surface area contributed by atoms with Gasteiger partial charge in [-0.2, -0.15) is 0 Å². The minimum absolute atomic E-state index is 0.00978. The number of anilines is 8. The number of para-hydroxylation sites is 1. The van der Waals surface area contributed by atoms with E-state index in [2.05, 4.69) is 280 Å². The van der Waals surface area contributed by atoms with Gasteiger partial charge in [-0.25, -0.2) is 0 Å². The lowest BCUT2D eigenvalue weighted by molar-refractivity contribution is 0.195. The molecule has 2 atom stereocenters. The topological polar surface area (TPSA) is 9.72 Å². The van der Waals surface area contributed by atoms with Gasteiger partial charge < -0.3 is 14.7 Å². The summed E-state index contributed by atoms with van der Waals surface area (Å²) < 4.78 is 2.66. The van der Waals surface area contributed by atoms with E-state index in [0.717, 1.165) is 36.3 Å². The summed E-state index contributed by atoms with van der Waals surface area (Å²) in [5.41, 5.74) is 26.2. The van der Waals surface area contributed by atoms with Crippen LogP contribution in [0.15, 0.2) is 182 Å². The molecule has 1 aromatic heterocycles. The predicted molar refractivity (Wildman–Crippen MR) is 360 cm³/mol. The Balaban J connectivity index is 1.09. The van der Waals surface area contributed by atoms with Gasteiger partial charge in [0.25, 0.3) is 6.71 Å². The van der Waals surface area contributed by atoms with E-state index in [4.69, 9.17) is 0 Å². The summed E-state index contributed by atoms with van der Waals surface area (Å²) in [7, 11) is 0. The van der Waals surface area contributed by atoms with Crippen molar-refractivity contribution in [2.45, 2.75) is 154 Å². The Labute approximate surface area is 498 Å². The van der Waals surface area contributed by atoms with Crippen LogP contribution in [0, 0.1) is 0 Å². The molecule has 0 spiro atoms. The van der Waals surface area contributed by atoms with E-state index in [9.17, 15) is 0 Å². The van der Waals surface area contributed by atoms with Crippen molar-refractivity contribution in [2.75, 3.05) is 14.7 Å². The van der Waals surface area contributed by atoms with Crippen LogP contribution in [0.3, 0.4) is 0 Å². The maximum atomic E-state index is 2.92. The predicted octanol–water partition coefficient (Wildman–Crippen LogP) is 20.2. The summed E-state index contributed by atoms with van der Waals surface area (Å²) in [5, 5.41) is 2.68. The average molecular weight is 1100 g/mol. The molecule has 3 aliphatic heterocycles. The van der Waals surface area contributed by atoms with Gasteiger partial charge in [0.1, 0.15) is 0 Å². The molecule has 83 heavy (non-hydrogen) atoms. The molecule has 4 heterocycles. The Bertz CT molecular complexity index is 4230. The second-order valence-corrected chi connectivity index (χ2v) is 30.2. The van der Waals surface area contributed by atoms with Crippen LogP contribution >= 0.6 is 11.3 Å². The van der Waals surface area contributed by atoms with Crippen molar-refractivity contribution in [3.63, 3.8) is 0 Å². The van der Waals surface area contributed by atoms with Crippen LogP contribution in [0.1, 0.15) is 149 Å². The zero-order valence-electron chi connectivity index (χ0n) is 50.9. The molecule has 5 heteroatoms. The highest BCUT2D eigenvalue weighted by molar-refractivity contribution is 7.26. The van der Waals surface area contributed by atoms with Gasteiger partial charge in [-0.05, 0) is 188 Å². The summed E-state index contributed by atoms with van der Waals surface area (Å²) in [5.74, 6) is 0. The van der Waals surface area contributed by atoms with E-state index in [-0.39, 0.29) is 39.3 Å². The van der Waals surface area contributed by atoms with E-state index >= 15 is 0 Å². The van der Waals surface area contributed by atoms with Gasteiger partial charge in [0, 0.05) is 71.0 Å². The molecule has 2 aliphatic carbocycles. The molecule has 0 bridgehead atoms. The molecule has 10 aromatic rings. The quantitative estimate of drug-likeness (QED) is 0.154. The van der Waals surface area contributed by atoms with E-state index in [0.29, 0.717) is 0 Å². The highest BCUT2D eigenvalue weighted by Crippen LogP contribution is 2.63. The molecule has 15 rings (SSSR count). The Morgan fingerprint density at radius 1 is 0.458 bits per heavy atom. The number of hydrogen-bond acceptors (Lipinski definition) is 4. The molecular weight excluding hydrogens is 1020 g/mol.